The summed E-state index contributed by atoms with van der Waals surface area (Å²) in [7, 11) is 0. The third-order valence-corrected chi connectivity index (χ3v) is 2.20. The second-order valence-electron chi connectivity index (χ2n) is 5.10. The van der Waals surface area contributed by atoms with Crippen LogP contribution in [0.15, 0.2) is 0 Å². The Bertz CT molecular complexity index is 111. The van der Waals surface area contributed by atoms with Gasteiger partial charge in [-0.25, -0.2) is 0 Å². The summed E-state index contributed by atoms with van der Waals surface area (Å²) < 4.78 is 0. The molecule has 1 atom stereocenters. The first-order valence-electron chi connectivity index (χ1n) is 5.14. The van der Waals surface area contributed by atoms with E-state index < -0.39 is 0 Å². The molecule has 0 aromatic rings. The van der Waals surface area contributed by atoms with E-state index in [4.69, 9.17) is 5.73 Å². The van der Waals surface area contributed by atoms with Crippen molar-refractivity contribution in [1.29, 1.82) is 0 Å². The van der Waals surface area contributed by atoms with Gasteiger partial charge in [0.25, 0.3) is 0 Å². The summed E-state index contributed by atoms with van der Waals surface area (Å²) in [6.07, 6.45) is 3.73. The van der Waals surface area contributed by atoms with Crippen molar-refractivity contribution in [3.8, 4) is 0 Å². The van der Waals surface area contributed by atoms with Crippen molar-refractivity contribution in [1.82, 2.24) is 0 Å². The molecule has 1 nitrogen and oxygen atoms in total. The highest BCUT2D eigenvalue weighted by Crippen LogP contribution is 2.23. The molecule has 0 radical (unpaired) electrons. The Labute approximate surface area is 77.7 Å². The molecule has 0 rings (SSSR count). The van der Waals surface area contributed by atoms with Gasteiger partial charge in [-0.15, -0.1) is 0 Å². The zero-order valence-electron chi connectivity index (χ0n) is 9.35. The number of hydrogen-bond acceptors (Lipinski definition) is 1. The summed E-state index contributed by atoms with van der Waals surface area (Å²) in [5.41, 5.74) is 6.00. The average Bonchev–Trinajstić information content (AvgIpc) is 1.82. The van der Waals surface area contributed by atoms with Gasteiger partial charge in [0.15, 0.2) is 0 Å². The van der Waals surface area contributed by atoms with Crippen LogP contribution in [-0.4, -0.2) is 5.54 Å². The fraction of sp³-hybridized carbons (Fsp3) is 1.00. The van der Waals surface area contributed by atoms with E-state index in [0.717, 1.165) is 18.3 Å². The van der Waals surface area contributed by atoms with Crippen molar-refractivity contribution in [3.63, 3.8) is 0 Å². The Morgan fingerprint density at radius 1 is 1.25 bits per heavy atom. The fourth-order valence-corrected chi connectivity index (χ4v) is 1.81. The molecule has 0 aromatic carbocycles. The van der Waals surface area contributed by atoms with E-state index in [0.29, 0.717) is 0 Å². The molecule has 0 heterocycles. The molecule has 0 aliphatic carbocycles. The summed E-state index contributed by atoms with van der Waals surface area (Å²) in [6.45, 7) is 11.1. The first-order valence-corrected chi connectivity index (χ1v) is 5.14. The Hall–Kier alpha value is -0.0400. The second-order valence-corrected chi connectivity index (χ2v) is 5.10. The fourth-order valence-electron chi connectivity index (χ4n) is 1.81. The largest absolute Gasteiger partial charge is 0.326 e. The highest BCUT2D eigenvalue weighted by Gasteiger charge is 2.18. The van der Waals surface area contributed by atoms with Gasteiger partial charge in [-0.05, 0) is 38.5 Å². The molecule has 0 fully saturated rings. The van der Waals surface area contributed by atoms with E-state index in [9.17, 15) is 0 Å². The molecule has 0 bridgehead atoms. The van der Waals surface area contributed by atoms with Crippen LogP contribution in [-0.2, 0) is 0 Å². The van der Waals surface area contributed by atoms with Gasteiger partial charge in [0.05, 0.1) is 0 Å². The monoisotopic (exact) mass is 171 g/mol. The van der Waals surface area contributed by atoms with Crippen molar-refractivity contribution in [2.45, 2.75) is 59.4 Å². The van der Waals surface area contributed by atoms with E-state index >= 15 is 0 Å². The van der Waals surface area contributed by atoms with Crippen LogP contribution in [0, 0.1) is 11.8 Å². The third kappa shape index (κ3) is 6.66. The van der Waals surface area contributed by atoms with Crippen LogP contribution < -0.4 is 5.73 Å². The maximum atomic E-state index is 5.99. The minimum atomic E-state index is 0.00949. The lowest BCUT2D eigenvalue weighted by atomic mass is 9.84. The normalized spacial score (nSPS) is 15.2. The SMILES string of the molecule is CCC(CC(C)C)CC(C)(C)N. The van der Waals surface area contributed by atoms with Crippen LogP contribution in [0.2, 0.25) is 0 Å². The van der Waals surface area contributed by atoms with Gasteiger partial charge in [0.2, 0.25) is 0 Å². The van der Waals surface area contributed by atoms with Crippen molar-refractivity contribution in [2.24, 2.45) is 17.6 Å². The lowest BCUT2D eigenvalue weighted by Gasteiger charge is -2.26. The Morgan fingerprint density at radius 2 is 1.75 bits per heavy atom. The summed E-state index contributed by atoms with van der Waals surface area (Å²) in [5, 5.41) is 0. The quantitative estimate of drug-likeness (QED) is 0.675. The predicted molar refractivity (Wildman–Crippen MR) is 56.1 cm³/mol. The molecule has 1 heteroatoms. The first kappa shape index (κ1) is 12.0. The van der Waals surface area contributed by atoms with Gasteiger partial charge in [-0.3, -0.25) is 0 Å². The predicted octanol–water partition coefficient (Wildman–Crippen LogP) is 3.19. The summed E-state index contributed by atoms with van der Waals surface area (Å²) >= 11 is 0. The van der Waals surface area contributed by atoms with Crippen LogP contribution in [0.3, 0.4) is 0 Å². The van der Waals surface area contributed by atoms with Crippen LogP contribution in [0.25, 0.3) is 0 Å². The van der Waals surface area contributed by atoms with E-state index in [2.05, 4.69) is 34.6 Å². The maximum absolute atomic E-state index is 5.99. The minimum absolute atomic E-state index is 0.00949. The topological polar surface area (TPSA) is 26.0 Å². The lowest BCUT2D eigenvalue weighted by Crippen LogP contribution is -2.34. The molecule has 0 aliphatic rings. The number of nitrogens with two attached hydrogens (primary N) is 1. The van der Waals surface area contributed by atoms with Crippen LogP contribution >= 0.6 is 0 Å². The smallest absolute Gasteiger partial charge is 0.00996 e. The maximum Gasteiger partial charge on any atom is 0.00996 e. The average molecular weight is 171 g/mol. The minimum Gasteiger partial charge on any atom is -0.326 e. The Kier molecular flexibility index (Phi) is 4.84. The van der Waals surface area contributed by atoms with Crippen molar-refractivity contribution in [3.05, 3.63) is 0 Å². The van der Waals surface area contributed by atoms with Gasteiger partial charge < -0.3 is 5.73 Å². The van der Waals surface area contributed by atoms with Gasteiger partial charge in [0.1, 0.15) is 0 Å². The summed E-state index contributed by atoms with van der Waals surface area (Å²) in [4.78, 5) is 0. The van der Waals surface area contributed by atoms with Gasteiger partial charge >= 0.3 is 0 Å². The van der Waals surface area contributed by atoms with Gasteiger partial charge in [-0.1, -0.05) is 27.2 Å². The van der Waals surface area contributed by atoms with E-state index in [1.54, 1.807) is 0 Å². The van der Waals surface area contributed by atoms with Crippen molar-refractivity contribution < 1.29 is 0 Å². The van der Waals surface area contributed by atoms with Gasteiger partial charge in [-0.2, -0.15) is 0 Å². The number of hydrogen-bond donors (Lipinski definition) is 1. The Balaban J connectivity index is 3.83. The summed E-state index contributed by atoms with van der Waals surface area (Å²) in [5.74, 6) is 1.61. The van der Waals surface area contributed by atoms with E-state index in [1.165, 1.54) is 12.8 Å². The molecule has 74 valence electrons. The molecule has 2 N–H and O–H groups in total. The zero-order valence-corrected chi connectivity index (χ0v) is 9.35. The Morgan fingerprint density at radius 3 is 2.00 bits per heavy atom. The molecule has 0 aromatic heterocycles. The lowest BCUT2D eigenvalue weighted by molar-refractivity contribution is 0.306. The molecule has 12 heavy (non-hydrogen) atoms. The standard InChI is InChI=1S/C11H25N/c1-6-10(7-9(2)3)8-11(4,5)12/h9-10H,6-8,12H2,1-5H3. The molecule has 1 unspecified atom stereocenters. The first-order chi connectivity index (χ1) is 5.35. The molecule has 0 saturated carbocycles. The molecular weight excluding hydrogens is 146 g/mol. The molecule has 0 aliphatic heterocycles. The van der Waals surface area contributed by atoms with E-state index in [-0.39, 0.29) is 5.54 Å². The van der Waals surface area contributed by atoms with Crippen LogP contribution in [0.1, 0.15) is 53.9 Å². The van der Waals surface area contributed by atoms with Crippen molar-refractivity contribution >= 4 is 0 Å². The van der Waals surface area contributed by atoms with Crippen LogP contribution in [0.5, 0.6) is 0 Å². The highest BCUT2D eigenvalue weighted by atomic mass is 14.7. The molecule has 0 amide bonds. The molecule has 0 saturated heterocycles. The van der Waals surface area contributed by atoms with Gasteiger partial charge in [0, 0.05) is 5.54 Å². The molecular formula is C11H25N. The van der Waals surface area contributed by atoms with Crippen molar-refractivity contribution in [2.75, 3.05) is 0 Å². The highest BCUT2D eigenvalue weighted by molar-refractivity contribution is 4.76. The molecule has 0 spiro atoms. The van der Waals surface area contributed by atoms with Crippen LogP contribution in [0.4, 0.5) is 0 Å². The summed E-state index contributed by atoms with van der Waals surface area (Å²) in [6, 6.07) is 0. The zero-order chi connectivity index (χ0) is 9.78. The second kappa shape index (κ2) is 4.86. The number of rotatable bonds is 5. The third-order valence-electron chi connectivity index (χ3n) is 2.20. The van der Waals surface area contributed by atoms with E-state index in [1.807, 2.05) is 0 Å².